The van der Waals surface area contributed by atoms with E-state index >= 15 is 0 Å². The molecule has 23 heavy (non-hydrogen) atoms. The highest BCUT2D eigenvalue weighted by molar-refractivity contribution is 5.71. The van der Waals surface area contributed by atoms with E-state index in [2.05, 4.69) is 5.32 Å². The first-order valence-corrected chi connectivity index (χ1v) is 7.65. The summed E-state index contributed by atoms with van der Waals surface area (Å²) in [6, 6.07) is 8.89. The molecule has 6 nitrogen and oxygen atoms in total. The summed E-state index contributed by atoms with van der Waals surface area (Å²) in [7, 11) is 0. The van der Waals surface area contributed by atoms with Gasteiger partial charge in [-0.25, -0.2) is 4.79 Å². The zero-order chi connectivity index (χ0) is 17.3. The van der Waals surface area contributed by atoms with Crippen molar-refractivity contribution in [3.63, 3.8) is 0 Å². The van der Waals surface area contributed by atoms with E-state index in [-0.39, 0.29) is 6.42 Å². The highest BCUT2D eigenvalue weighted by Crippen LogP contribution is 2.11. The molecule has 0 radical (unpaired) electrons. The quantitative estimate of drug-likeness (QED) is 0.718. The standard InChI is InChI=1S/C17H25NO5/c1-17(2,3)23-16(21)18-13(12-15(19)20)8-7-11-22-14-9-5-4-6-10-14/h4-6,9-10,13H,7-8,11-12H2,1-3H3,(H,18,21)(H,19,20)/t13-/m1/s1. The molecule has 0 saturated carbocycles. The van der Waals surface area contributed by atoms with Crippen molar-refractivity contribution in [2.75, 3.05) is 6.61 Å². The molecule has 0 aromatic heterocycles. The average Bonchev–Trinajstić information content (AvgIpc) is 2.41. The summed E-state index contributed by atoms with van der Waals surface area (Å²) >= 11 is 0. The Morgan fingerprint density at radius 2 is 1.87 bits per heavy atom. The molecule has 6 heteroatoms. The van der Waals surface area contributed by atoms with Crippen molar-refractivity contribution >= 4 is 12.1 Å². The van der Waals surface area contributed by atoms with Gasteiger partial charge in [-0.1, -0.05) is 18.2 Å². The zero-order valence-electron chi connectivity index (χ0n) is 13.9. The molecule has 1 aromatic carbocycles. The predicted octanol–water partition coefficient (Wildman–Crippen LogP) is 3.21. The monoisotopic (exact) mass is 323 g/mol. The van der Waals surface area contributed by atoms with Crippen molar-refractivity contribution < 1.29 is 24.2 Å². The fraction of sp³-hybridized carbons (Fsp3) is 0.529. The van der Waals surface area contributed by atoms with Crippen LogP contribution < -0.4 is 10.1 Å². The number of rotatable bonds is 8. The number of carboxylic acids is 1. The highest BCUT2D eigenvalue weighted by Gasteiger charge is 2.21. The molecular formula is C17H25NO5. The van der Waals surface area contributed by atoms with Crippen molar-refractivity contribution in [3.05, 3.63) is 30.3 Å². The number of nitrogens with one attached hydrogen (secondary N) is 1. The van der Waals surface area contributed by atoms with Gasteiger partial charge >= 0.3 is 12.1 Å². The first kappa shape index (κ1) is 18.8. The summed E-state index contributed by atoms with van der Waals surface area (Å²) in [5.74, 6) is -0.197. The van der Waals surface area contributed by atoms with E-state index in [1.807, 2.05) is 30.3 Å². The molecule has 0 saturated heterocycles. The molecule has 1 rings (SSSR count). The minimum absolute atomic E-state index is 0.148. The van der Waals surface area contributed by atoms with Crippen molar-refractivity contribution in [2.45, 2.75) is 51.7 Å². The van der Waals surface area contributed by atoms with Crippen LogP contribution in [0.1, 0.15) is 40.0 Å². The van der Waals surface area contributed by atoms with E-state index in [1.165, 1.54) is 0 Å². The van der Waals surface area contributed by atoms with Crippen LogP contribution in [0.15, 0.2) is 30.3 Å². The number of hydrogen-bond acceptors (Lipinski definition) is 4. The third-order valence-electron chi connectivity index (χ3n) is 2.85. The van der Waals surface area contributed by atoms with Crippen LogP contribution >= 0.6 is 0 Å². The lowest BCUT2D eigenvalue weighted by molar-refractivity contribution is -0.137. The van der Waals surface area contributed by atoms with Crippen molar-refractivity contribution in [1.29, 1.82) is 0 Å². The molecule has 1 aromatic rings. The summed E-state index contributed by atoms with van der Waals surface area (Å²) in [5, 5.41) is 11.5. The van der Waals surface area contributed by atoms with Crippen LogP contribution in [0.5, 0.6) is 5.75 Å². The Balaban J connectivity index is 2.38. The van der Waals surface area contributed by atoms with Crippen LogP contribution in [0.25, 0.3) is 0 Å². The van der Waals surface area contributed by atoms with Crippen molar-refractivity contribution in [2.24, 2.45) is 0 Å². The topological polar surface area (TPSA) is 84.9 Å². The van der Waals surface area contributed by atoms with Crippen LogP contribution in [0.2, 0.25) is 0 Å². The summed E-state index contributed by atoms with van der Waals surface area (Å²) in [6.07, 6.45) is 0.374. The summed E-state index contributed by atoms with van der Waals surface area (Å²) in [4.78, 5) is 22.7. The van der Waals surface area contributed by atoms with Gasteiger partial charge in [0.05, 0.1) is 13.0 Å². The molecule has 0 aliphatic heterocycles. The molecule has 0 unspecified atom stereocenters. The van der Waals surface area contributed by atoms with Gasteiger partial charge in [-0.2, -0.15) is 0 Å². The number of ether oxygens (including phenoxy) is 2. The molecule has 0 aliphatic carbocycles. The summed E-state index contributed by atoms with van der Waals surface area (Å²) in [5.41, 5.74) is -0.617. The van der Waals surface area contributed by atoms with Gasteiger partial charge < -0.3 is 19.9 Å². The third-order valence-corrected chi connectivity index (χ3v) is 2.85. The Morgan fingerprint density at radius 1 is 1.22 bits per heavy atom. The molecule has 0 heterocycles. The molecule has 1 atom stereocenters. The minimum Gasteiger partial charge on any atom is -0.494 e. The molecule has 0 spiro atoms. The van der Waals surface area contributed by atoms with E-state index in [1.54, 1.807) is 20.8 Å². The minimum atomic E-state index is -0.963. The third kappa shape index (κ3) is 9.39. The number of carbonyl (C=O) groups is 2. The smallest absolute Gasteiger partial charge is 0.407 e. The maximum Gasteiger partial charge on any atom is 0.407 e. The van der Waals surface area contributed by atoms with Crippen LogP contribution in [0, 0.1) is 0 Å². The van der Waals surface area contributed by atoms with Crippen LogP contribution in [0.3, 0.4) is 0 Å². The van der Waals surface area contributed by atoms with Gasteiger partial charge in [0.1, 0.15) is 11.4 Å². The maximum absolute atomic E-state index is 11.7. The largest absolute Gasteiger partial charge is 0.494 e. The lowest BCUT2D eigenvalue weighted by Gasteiger charge is -2.23. The Morgan fingerprint density at radius 3 is 2.43 bits per heavy atom. The molecule has 2 N–H and O–H groups in total. The number of amides is 1. The number of hydrogen-bond donors (Lipinski definition) is 2. The Kier molecular flexibility index (Phi) is 7.38. The number of benzene rings is 1. The summed E-state index contributed by atoms with van der Waals surface area (Å²) in [6.45, 7) is 5.72. The van der Waals surface area contributed by atoms with Crippen LogP contribution in [-0.2, 0) is 9.53 Å². The van der Waals surface area contributed by atoms with Crippen molar-refractivity contribution in [1.82, 2.24) is 5.32 Å². The van der Waals surface area contributed by atoms with Crippen LogP contribution in [-0.4, -0.2) is 35.4 Å². The van der Waals surface area contributed by atoms with E-state index in [4.69, 9.17) is 14.6 Å². The Labute approximate surface area is 136 Å². The fourth-order valence-electron chi connectivity index (χ4n) is 1.95. The molecular weight excluding hydrogens is 298 g/mol. The Bertz CT molecular complexity index is 495. The number of alkyl carbamates (subject to hydrolysis) is 1. The molecule has 0 bridgehead atoms. The molecule has 0 aliphatic rings. The van der Waals surface area contributed by atoms with Gasteiger partial charge in [-0.15, -0.1) is 0 Å². The molecule has 1 amide bonds. The number of carbonyl (C=O) groups excluding carboxylic acids is 1. The summed E-state index contributed by atoms with van der Waals surface area (Å²) < 4.78 is 10.7. The predicted molar refractivity (Wildman–Crippen MR) is 86.6 cm³/mol. The molecule has 0 fully saturated rings. The van der Waals surface area contributed by atoms with Gasteiger partial charge in [-0.3, -0.25) is 4.79 Å². The second-order valence-electron chi connectivity index (χ2n) is 6.24. The zero-order valence-corrected chi connectivity index (χ0v) is 13.9. The number of para-hydroxylation sites is 1. The second-order valence-corrected chi connectivity index (χ2v) is 6.24. The van der Waals surface area contributed by atoms with E-state index in [9.17, 15) is 9.59 Å². The second kappa shape index (κ2) is 9.02. The maximum atomic E-state index is 11.7. The first-order chi connectivity index (χ1) is 10.8. The van der Waals surface area contributed by atoms with E-state index < -0.39 is 23.7 Å². The average molecular weight is 323 g/mol. The Hall–Kier alpha value is -2.24. The lowest BCUT2D eigenvalue weighted by atomic mass is 10.1. The first-order valence-electron chi connectivity index (χ1n) is 7.65. The lowest BCUT2D eigenvalue weighted by Crippen LogP contribution is -2.40. The van der Waals surface area contributed by atoms with Crippen LogP contribution in [0.4, 0.5) is 4.79 Å². The van der Waals surface area contributed by atoms with E-state index in [0.29, 0.717) is 19.4 Å². The SMILES string of the molecule is CC(C)(C)OC(=O)N[C@H](CCCOc1ccccc1)CC(=O)O. The van der Waals surface area contributed by atoms with E-state index in [0.717, 1.165) is 5.75 Å². The molecule has 128 valence electrons. The van der Waals surface area contributed by atoms with Gasteiger partial charge in [0.25, 0.3) is 0 Å². The van der Waals surface area contributed by atoms with Gasteiger partial charge in [-0.05, 0) is 45.7 Å². The van der Waals surface area contributed by atoms with Gasteiger partial charge in [0.2, 0.25) is 0 Å². The van der Waals surface area contributed by atoms with Crippen molar-refractivity contribution in [3.8, 4) is 5.75 Å². The fourth-order valence-corrected chi connectivity index (χ4v) is 1.95. The normalized spacial score (nSPS) is 12.3. The number of carboxylic acid groups (broad SMARTS) is 1. The highest BCUT2D eigenvalue weighted by atomic mass is 16.6. The van der Waals surface area contributed by atoms with Gasteiger partial charge in [0, 0.05) is 6.04 Å². The van der Waals surface area contributed by atoms with Gasteiger partial charge in [0.15, 0.2) is 0 Å². The number of aliphatic carboxylic acids is 1.